The molecule has 0 heterocycles. The lowest BCUT2D eigenvalue weighted by atomic mass is 10.1. The third kappa shape index (κ3) is 28.1. The molecule has 0 N–H and O–H groups in total. The third-order valence-corrected chi connectivity index (χ3v) is 4.76. The van der Waals surface area contributed by atoms with E-state index in [2.05, 4.69) is 6.92 Å². The monoisotopic (exact) mass is 438 g/mol. The van der Waals surface area contributed by atoms with Crippen molar-refractivity contribution < 1.29 is 23.7 Å². The summed E-state index contributed by atoms with van der Waals surface area (Å²) < 4.78 is 27.1. The molecule has 0 saturated heterocycles. The molecule has 0 aromatic heterocycles. The second-order valence-corrected chi connectivity index (χ2v) is 7.66. The van der Waals surface area contributed by atoms with E-state index in [-0.39, 0.29) is 0 Å². The lowest BCUT2D eigenvalue weighted by Gasteiger charge is -2.08. The average Bonchev–Trinajstić information content (AvgIpc) is 2.74. The molecule has 0 bridgehead atoms. The van der Waals surface area contributed by atoms with Crippen molar-refractivity contribution in [1.82, 2.24) is 0 Å². The van der Waals surface area contributed by atoms with Crippen molar-refractivity contribution in [2.75, 3.05) is 71.9 Å². The first kappa shape index (κ1) is 29.1. The van der Waals surface area contributed by atoms with Crippen LogP contribution in [0, 0.1) is 0 Å². The molecule has 0 aliphatic rings. The largest absolute Gasteiger partial charge is 0.379 e. The average molecular weight is 439 g/mol. The molecule has 0 spiro atoms. The Morgan fingerprint density at radius 3 is 1.07 bits per heavy atom. The van der Waals surface area contributed by atoms with Gasteiger partial charge >= 0.3 is 0 Å². The Bertz CT molecular complexity index is 256. The fourth-order valence-electron chi connectivity index (χ4n) is 2.90. The summed E-state index contributed by atoms with van der Waals surface area (Å²) in [5.41, 5.74) is 0. The van der Waals surface area contributed by atoms with E-state index in [1.807, 2.05) is 0 Å². The number of unbranched alkanes of at least 4 members (excludes halogenated alkanes) is 10. The van der Waals surface area contributed by atoms with Gasteiger partial charge in [-0.25, -0.2) is 0 Å². The summed E-state index contributed by atoms with van der Waals surface area (Å²) >= 11 is 5.50. The van der Waals surface area contributed by atoms with Gasteiger partial charge in [-0.05, 0) is 6.42 Å². The van der Waals surface area contributed by atoms with Gasteiger partial charge in [0.2, 0.25) is 0 Å². The van der Waals surface area contributed by atoms with Gasteiger partial charge in [-0.2, -0.15) is 0 Å². The molecule has 29 heavy (non-hydrogen) atoms. The smallest absolute Gasteiger partial charge is 0.0701 e. The van der Waals surface area contributed by atoms with Crippen LogP contribution in [0.4, 0.5) is 0 Å². The standard InChI is InChI=1S/C23H47ClO5/c1-2-3-4-5-6-7-8-9-10-11-12-14-25-16-18-27-20-22-29-23-21-28-19-17-26-15-13-24/h2-23H2,1H3. The van der Waals surface area contributed by atoms with Crippen molar-refractivity contribution in [3.63, 3.8) is 0 Å². The van der Waals surface area contributed by atoms with Gasteiger partial charge < -0.3 is 23.7 Å². The molecule has 5 nitrogen and oxygen atoms in total. The summed E-state index contributed by atoms with van der Waals surface area (Å²) in [6, 6.07) is 0. The highest BCUT2D eigenvalue weighted by atomic mass is 35.5. The van der Waals surface area contributed by atoms with Gasteiger partial charge in [0.1, 0.15) is 0 Å². The van der Waals surface area contributed by atoms with Crippen LogP contribution in [0.15, 0.2) is 0 Å². The van der Waals surface area contributed by atoms with E-state index in [1.54, 1.807) is 0 Å². The number of ether oxygens (including phenoxy) is 5. The number of halogens is 1. The lowest BCUT2D eigenvalue weighted by Crippen LogP contribution is -2.13. The van der Waals surface area contributed by atoms with Gasteiger partial charge in [-0.3, -0.25) is 0 Å². The van der Waals surface area contributed by atoms with Crippen LogP contribution in [0.3, 0.4) is 0 Å². The minimum atomic E-state index is 0.521. The van der Waals surface area contributed by atoms with Gasteiger partial charge in [-0.15, -0.1) is 11.6 Å². The highest BCUT2D eigenvalue weighted by Crippen LogP contribution is 2.11. The van der Waals surface area contributed by atoms with Crippen molar-refractivity contribution in [3.8, 4) is 0 Å². The first-order valence-electron chi connectivity index (χ1n) is 11.9. The Kier molecular flexibility index (Phi) is 28.2. The van der Waals surface area contributed by atoms with Crippen molar-refractivity contribution in [3.05, 3.63) is 0 Å². The molecule has 0 aliphatic heterocycles. The highest BCUT2D eigenvalue weighted by molar-refractivity contribution is 6.17. The molecular formula is C23H47ClO5. The second-order valence-electron chi connectivity index (χ2n) is 7.29. The predicted octanol–water partition coefficient (Wildman–Crippen LogP) is 5.62. The molecule has 0 aromatic rings. The molecule has 6 heteroatoms. The summed E-state index contributed by atoms with van der Waals surface area (Å²) in [6.07, 6.45) is 15.0. The fourth-order valence-corrected chi connectivity index (χ4v) is 3.01. The first-order chi connectivity index (χ1) is 14.4. The van der Waals surface area contributed by atoms with Crippen molar-refractivity contribution >= 4 is 11.6 Å². The summed E-state index contributed by atoms with van der Waals surface area (Å²) in [4.78, 5) is 0. The van der Waals surface area contributed by atoms with Crippen LogP contribution in [0.5, 0.6) is 0 Å². The number of hydrogen-bond acceptors (Lipinski definition) is 5. The fraction of sp³-hybridized carbons (Fsp3) is 1.00. The maximum atomic E-state index is 5.61. The molecule has 0 fully saturated rings. The van der Waals surface area contributed by atoms with Crippen LogP contribution < -0.4 is 0 Å². The zero-order valence-corrected chi connectivity index (χ0v) is 19.7. The van der Waals surface area contributed by atoms with E-state index in [0.717, 1.165) is 13.0 Å². The van der Waals surface area contributed by atoms with Crippen LogP contribution in [0.1, 0.15) is 77.6 Å². The van der Waals surface area contributed by atoms with Gasteiger partial charge in [0.15, 0.2) is 0 Å². The zero-order chi connectivity index (χ0) is 21.1. The topological polar surface area (TPSA) is 46.2 Å². The predicted molar refractivity (Wildman–Crippen MR) is 121 cm³/mol. The second kappa shape index (κ2) is 28.1. The van der Waals surface area contributed by atoms with E-state index in [9.17, 15) is 0 Å². The number of rotatable bonds is 26. The Balaban J connectivity index is 2.97. The summed E-state index contributed by atoms with van der Waals surface area (Å²) in [7, 11) is 0. The van der Waals surface area contributed by atoms with E-state index < -0.39 is 0 Å². The quantitative estimate of drug-likeness (QED) is 0.129. The van der Waals surface area contributed by atoms with Gasteiger partial charge in [-0.1, -0.05) is 71.1 Å². The summed E-state index contributed by atoms with van der Waals surface area (Å²) in [5, 5.41) is 0. The Hall–Kier alpha value is 0.0900. The molecular weight excluding hydrogens is 392 g/mol. The first-order valence-corrected chi connectivity index (χ1v) is 12.4. The Morgan fingerprint density at radius 1 is 0.379 bits per heavy atom. The van der Waals surface area contributed by atoms with Crippen LogP contribution in [0.25, 0.3) is 0 Å². The van der Waals surface area contributed by atoms with Crippen LogP contribution in [0.2, 0.25) is 0 Å². The third-order valence-electron chi connectivity index (χ3n) is 4.60. The SMILES string of the molecule is CCCCCCCCCCCCCOCCOCCOCCOCCOCCCl. The molecule has 176 valence electrons. The molecule has 0 unspecified atom stereocenters. The lowest BCUT2D eigenvalue weighted by molar-refractivity contribution is -0.0103. The Labute approximate surface area is 185 Å². The van der Waals surface area contributed by atoms with Crippen LogP contribution in [-0.4, -0.2) is 71.9 Å². The maximum absolute atomic E-state index is 5.61. The molecule has 0 saturated carbocycles. The van der Waals surface area contributed by atoms with Crippen molar-refractivity contribution in [2.24, 2.45) is 0 Å². The van der Waals surface area contributed by atoms with E-state index >= 15 is 0 Å². The van der Waals surface area contributed by atoms with Crippen molar-refractivity contribution in [1.29, 1.82) is 0 Å². The minimum absolute atomic E-state index is 0.521. The zero-order valence-electron chi connectivity index (χ0n) is 19.0. The van der Waals surface area contributed by atoms with E-state index in [0.29, 0.717) is 65.3 Å². The minimum Gasteiger partial charge on any atom is -0.379 e. The molecule has 0 amide bonds. The van der Waals surface area contributed by atoms with Gasteiger partial charge in [0.05, 0.1) is 59.5 Å². The van der Waals surface area contributed by atoms with E-state index in [4.69, 9.17) is 35.3 Å². The molecule has 0 rings (SSSR count). The van der Waals surface area contributed by atoms with Gasteiger partial charge in [0.25, 0.3) is 0 Å². The normalized spacial score (nSPS) is 11.4. The van der Waals surface area contributed by atoms with Crippen molar-refractivity contribution in [2.45, 2.75) is 77.6 Å². The number of hydrogen-bond donors (Lipinski definition) is 0. The number of alkyl halides is 1. The molecule has 0 radical (unpaired) electrons. The van der Waals surface area contributed by atoms with Crippen LogP contribution in [-0.2, 0) is 23.7 Å². The molecule has 0 aliphatic carbocycles. The van der Waals surface area contributed by atoms with E-state index in [1.165, 1.54) is 64.2 Å². The Morgan fingerprint density at radius 2 is 0.690 bits per heavy atom. The van der Waals surface area contributed by atoms with Crippen LogP contribution >= 0.6 is 11.6 Å². The molecule has 0 atom stereocenters. The maximum Gasteiger partial charge on any atom is 0.0701 e. The highest BCUT2D eigenvalue weighted by Gasteiger charge is 1.95. The summed E-state index contributed by atoms with van der Waals surface area (Å²) in [5.74, 6) is 0.521. The molecule has 0 aromatic carbocycles. The van der Waals surface area contributed by atoms with Gasteiger partial charge in [0, 0.05) is 12.5 Å². The summed E-state index contributed by atoms with van der Waals surface area (Å²) in [6.45, 7) is 8.49.